The molecule has 3 heteroatoms. The van der Waals surface area contributed by atoms with Gasteiger partial charge in [0.25, 0.3) is 0 Å². The van der Waals surface area contributed by atoms with Gasteiger partial charge in [-0.25, -0.2) is 0 Å². The molecule has 98 valence electrons. The average molecular weight is 246 g/mol. The van der Waals surface area contributed by atoms with Crippen molar-refractivity contribution in [3.8, 4) is 0 Å². The van der Waals surface area contributed by atoms with Crippen molar-refractivity contribution in [2.24, 2.45) is 0 Å². The Hall–Kier alpha value is -1.35. The fourth-order valence-corrected chi connectivity index (χ4v) is 2.45. The number of carbonyl (C=O) groups excluding carboxylic acids is 1. The van der Waals surface area contributed by atoms with Crippen LogP contribution in [-0.2, 0) is 4.79 Å². The summed E-state index contributed by atoms with van der Waals surface area (Å²) in [5, 5.41) is 3.31. The van der Waals surface area contributed by atoms with E-state index in [4.69, 9.17) is 0 Å². The van der Waals surface area contributed by atoms with Crippen LogP contribution in [0.3, 0.4) is 0 Å². The number of benzene rings is 1. The van der Waals surface area contributed by atoms with Crippen molar-refractivity contribution < 1.29 is 4.79 Å². The van der Waals surface area contributed by atoms with Crippen molar-refractivity contribution in [2.75, 3.05) is 13.6 Å². The van der Waals surface area contributed by atoms with E-state index in [-0.39, 0.29) is 18.0 Å². The van der Waals surface area contributed by atoms with Gasteiger partial charge < -0.3 is 10.2 Å². The van der Waals surface area contributed by atoms with E-state index in [0.717, 1.165) is 19.4 Å². The molecule has 0 saturated carbocycles. The SMILES string of the molecule is CC(c1ccccc1)N(C)C(=O)C1CCCCN1. The van der Waals surface area contributed by atoms with E-state index in [1.54, 1.807) is 0 Å². The minimum atomic E-state index is 0.00918. The molecule has 0 aliphatic carbocycles. The minimum Gasteiger partial charge on any atom is -0.338 e. The maximum Gasteiger partial charge on any atom is 0.239 e. The van der Waals surface area contributed by atoms with Crippen LogP contribution in [0, 0.1) is 0 Å². The Morgan fingerprint density at radius 3 is 2.67 bits per heavy atom. The molecule has 1 heterocycles. The molecular formula is C15H22N2O. The lowest BCUT2D eigenvalue weighted by Gasteiger charge is -2.31. The van der Waals surface area contributed by atoms with E-state index in [9.17, 15) is 4.79 Å². The van der Waals surface area contributed by atoms with E-state index in [2.05, 4.69) is 24.4 Å². The molecule has 0 aromatic heterocycles. The van der Waals surface area contributed by atoms with Crippen molar-refractivity contribution in [1.29, 1.82) is 0 Å². The predicted octanol–water partition coefficient (Wildman–Crippen LogP) is 2.35. The summed E-state index contributed by atoms with van der Waals surface area (Å²) in [6, 6.07) is 10.3. The van der Waals surface area contributed by atoms with Gasteiger partial charge in [0.1, 0.15) is 0 Å². The molecule has 1 N–H and O–H groups in total. The minimum absolute atomic E-state index is 0.00918. The van der Waals surface area contributed by atoms with Gasteiger partial charge >= 0.3 is 0 Å². The van der Waals surface area contributed by atoms with Crippen LogP contribution in [0.5, 0.6) is 0 Å². The van der Waals surface area contributed by atoms with Crippen LogP contribution in [0.4, 0.5) is 0 Å². The number of carbonyl (C=O) groups is 1. The zero-order chi connectivity index (χ0) is 13.0. The quantitative estimate of drug-likeness (QED) is 0.888. The van der Waals surface area contributed by atoms with Crippen LogP contribution in [0.2, 0.25) is 0 Å². The van der Waals surface area contributed by atoms with E-state index in [0.29, 0.717) is 0 Å². The molecule has 1 saturated heterocycles. The van der Waals surface area contributed by atoms with Gasteiger partial charge in [0.15, 0.2) is 0 Å². The number of likely N-dealkylation sites (N-methyl/N-ethyl adjacent to an activating group) is 1. The first-order valence-corrected chi connectivity index (χ1v) is 6.75. The number of hydrogen-bond acceptors (Lipinski definition) is 2. The number of piperidine rings is 1. The number of nitrogens with one attached hydrogen (secondary N) is 1. The van der Waals surface area contributed by atoms with Crippen molar-refractivity contribution in [3.05, 3.63) is 35.9 Å². The first-order chi connectivity index (χ1) is 8.70. The van der Waals surface area contributed by atoms with E-state index in [1.165, 1.54) is 12.0 Å². The lowest BCUT2D eigenvalue weighted by molar-refractivity contribution is -0.134. The maximum atomic E-state index is 12.4. The first kappa shape index (κ1) is 13.1. The highest BCUT2D eigenvalue weighted by Crippen LogP contribution is 2.20. The molecule has 1 aliphatic heterocycles. The second-order valence-electron chi connectivity index (χ2n) is 5.04. The Morgan fingerprint density at radius 2 is 2.06 bits per heavy atom. The van der Waals surface area contributed by atoms with Crippen LogP contribution in [0.25, 0.3) is 0 Å². The van der Waals surface area contributed by atoms with Crippen LogP contribution >= 0.6 is 0 Å². The fraction of sp³-hybridized carbons (Fsp3) is 0.533. The van der Waals surface area contributed by atoms with Crippen molar-refractivity contribution in [2.45, 2.75) is 38.3 Å². The van der Waals surface area contributed by atoms with Gasteiger partial charge in [0, 0.05) is 7.05 Å². The van der Waals surface area contributed by atoms with Crippen molar-refractivity contribution in [1.82, 2.24) is 10.2 Å². The molecule has 0 radical (unpaired) electrons. The molecule has 18 heavy (non-hydrogen) atoms. The van der Waals surface area contributed by atoms with Crippen LogP contribution in [0.1, 0.15) is 37.8 Å². The molecule has 1 aliphatic rings. The standard InChI is InChI=1S/C15H22N2O/c1-12(13-8-4-3-5-9-13)17(2)15(18)14-10-6-7-11-16-14/h3-5,8-9,12,14,16H,6-7,10-11H2,1-2H3. The summed E-state index contributed by atoms with van der Waals surface area (Å²) in [5.41, 5.74) is 1.18. The molecule has 2 atom stereocenters. The maximum absolute atomic E-state index is 12.4. The molecule has 3 nitrogen and oxygen atoms in total. The lowest BCUT2D eigenvalue weighted by atomic mass is 10.0. The third-order valence-electron chi connectivity index (χ3n) is 3.82. The highest BCUT2D eigenvalue weighted by Gasteiger charge is 2.26. The number of hydrogen-bond donors (Lipinski definition) is 1. The Balaban J connectivity index is 2.01. The number of nitrogens with zero attached hydrogens (tertiary/aromatic N) is 1. The topological polar surface area (TPSA) is 32.3 Å². The first-order valence-electron chi connectivity index (χ1n) is 6.75. The van der Waals surface area contributed by atoms with Gasteiger partial charge in [-0.05, 0) is 31.9 Å². The summed E-state index contributed by atoms with van der Waals surface area (Å²) >= 11 is 0. The highest BCUT2D eigenvalue weighted by molar-refractivity contribution is 5.82. The third kappa shape index (κ3) is 2.91. The summed E-state index contributed by atoms with van der Waals surface area (Å²) in [6.45, 7) is 3.04. The van der Waals surface area contributed by atoms with Crippen LogP contribution in [-0.4, -0.2) is 30.4 Å². The van der Waals surface area contributed by atoms with Crippen molar-refractivity contribution >= 4 is 5.91 Å². The zero-order valence-electron chi connectivity index (χ0n) is 11.2. The summed E-state index contributed by atoms with van der Waals surface area (Å²) < 4.78 is 0. The molecule has 1 aromatic rings. The zero-order valence-corrected chi connectivity index (χ0v) is 11.2. The smallest absolute Gasteiger partial charge is 0.239 e. The van der Waals surface area contributed by atoms with Gasteiger partial charge in [-0.15, -0.1) is 0 Å². The van der Waals surface area contributed by atoms with Gasteiger partial charge in [0.2, 0.25) is 5.91 Å². The molecule has 0 bridgehead atoms. The largest absolute Gasteiger partial charge is 0.338 e. The third-order valence-corrected chi connectivity index (χ3v) is 3.82. The summed E-state index contributed by atoms with van der Waals surface area (Å²) in [7, 11) is 1.90. The second-order valence-corrected chi connectivity index (χ2v) is 5.04. The van der Waals surface area contributed by atoms with Gasteiger partial charge in [-0.2, -0.15) is 0 Å². The Morgan fingerprint density at radius 1 is 1.33 bits per heavy atom. The second kappa shape index (κ2) is 6.01. The molecular weight excluding hydrogens is 224 g/mol. The monoisotopic (exact) mass is 246 g/mol. The average Bonchev–Trinajstić information content (AvgIpc) is 2.47. The van der Waals surface area contributed by atoms with Gasteiger partial charge in [-0.1, -0.05) is 36.8 Å². The number of amides is 1. The van der Waals surface area contributed by atoms with Crippen LogP contribution in [0.15, 0.2) is 30.3 Å². The van der Waals surface area contributed by atoms with Gasteiger partial charge in [-0.3, -0.25) is 4.79 Å². The van der Waals surface area contributed by atoms with E-state index < -0.39 is 0 Å². The number of rotatable bonds is 3. The Bertz CT molecular complexity index is 385. The summed E-state index contributed by atoms with van der Waals surface area (Å²) in [5.74, 6) is 0.214. The van der Waals surface area contributed by atoms with E-state index >= 15 is 0 Å². The Labute approximate surface area is 109 Å². The predicted molar refractivity (Wildman–Crippen MR) is 73.3 cm³/mol. The molecule has 1 amide bonds. The van der Waals surface area contributed by atoms with Crippen LogP contribution < -0.4 is 5.32 Å². The molecule has 2 rings (SSSR count). The highest BCUT2D eigenvalue weighted by atomic mass is 16.2. The fourth-order valence-electron chi connectivity index (χ4n) is 2.45. The molecule has 0 spiro atoms. The van der Waals surface area contributed by atoms with Gasteiger partial charge in [0.05, 0.1) is 12.1 Å². The molecule has 2 unspecified atom stereocenters. The summed E-state index contributed by atoms with van der Waals surface area (Å²) in [4.78, 5) is 14.2. The van der Waals surface area contributed by atoms with E-state index in [1.807, 2.05) is 30.1 Å². The Kier molecular flexibility index (Phi) is 4.37. The molecule has 1 aromatic carbocycles. The normalized spacial score (nSPS) is 21.3. The summed E-state index contributed by atoms with van der Waals surface area (Å²) in [6.07, 6.45) is 3.30. The van der Waals surface area contributed by atoms with Crippen molar-refractivity contribution in [3.63, 3.8) is 0 Å². The molecule has 1 fully saturated rings. The lowest BCUT2D eigenvalue weighted by Crippen LogP contribution is -2.47.